The molecule has 194 valence electrons. The summed E-state index contributed by atoms with van der Waals surface area (Å²) in [5, 5.41) is 12.6. The lowest BCUT2D eigenvalue weighted by Gasteiger charge is -2.36. The molecule has 1 atom stereocenters. The van der Waals surface area contributed by atoms with Crippen LogP contribution in [0.15, 0.2) is 36.9 Å². The van der Waals surface area contributed by atoms with Crippen LogP contribution in [-0.2, 0) is 16.0 Å². The molecule has 1 unspecified atom stereocenters. The van der Waals surface area contributed by atoms with Crippen molar-refractivity contribution < 1.29 is 14.3 Å². The van der Waals surface area contributed by atoms with Crippen LogP contribution in [0.5, 0.6) is 0 Å². The number of nitrogens with one attached hydrogen (secondary N) is 1. The fourth-order valence-electron chi connectivity index (χ4n) is 4.87. The lowest BCUT2D eigenvalue weighted by atomic mass is 10.0. The highest BCUT2D eigenvalue weighted by Crippen LogP contribution is 2.29. The molecule has 10 heteroatoms. The van der Waals surface area contributed by atoms with E-state index in [2.05, 4.69) is 38.7 Å². The molecule has 0 radical (unpaired) electrons. The SMILES string of the molecule is CC(C)(C)OC(=O)N1CCNCC1c1cnn2cc(-c3cnn(CCCN4CCOCC4)c3)ccc12. The first kappa shape index (κ1) is 24.7. The molecular weight excluding hydrogens is 458 g/mol. The van der Waals surface area contributed by atoms with Crippen molar-refractivity contribution in [1.29, 1.82) is 0 Å². The van der Waals surface area contributed by atoms with Crippen molar-refractivity contribution in [3.63, 3.8) is 0 Å². The van der Waals surface area contributed by atoms with E-state index in [0.717, 1.165) is 74.6 Å². The number of rotatable bonds is 6. The zero-order valence-corrected chi connectivity index (χ0v) is 21.5. The monoisotopic (exact) mass is 495 g/mol. The molecule has 0 spiro atoms. The molecule has 3 aromatic heterocycles. The van der Waals surface area contributed by atoms with E-state index in [-0.39, 0.29) is 12.1 Å². The van der Waals surface area contributed by atoms with Gasteiger partial charge in [-0.1, -0.05) is 6.07 Å². The average molecular weight is 496 g/mol. The molecule has 0 saturated carbocycles. The molecule has 0 aromatic carbocycles. The zero-order chi connectivity index (χ0) is 25.1. The Morgan fingerprint density at radius 2 is 1.92 bits per heavy atom. The van der Waals surface area contributed by atoms with Crippen molar-refractivity contribution in [3.05, 3.63) is 42.5 Å². The largest absolute Gasteiger partial charge is 0.444 e. The third-order valence-corrected chi connectivity index (χ3v) is 6.71. The number of aromatic nitrogens is 4. The van der Waals surface area contributed by atoms with Gasteiger partial charge in [0.1, 0.15) is 5.60 Å². The van der Waals surface area contributed by atoms with Crippen molar-refractivity contribution in [1.82, 2.24) is 34.5 Å². The maximum absolute atomic E-state index is 12.9. The van der Waals surface area contributed by atoms with Crippen molar-refractivity contribution >= 4 is 11.6 Å². The second-order valence-electron chi connectivity index (χ2n) is 10.5. The summed E-state index contributed by atoms with van der Waals surface area (Å²) < 4.78 is 15.0. The summed E-state index contributed by atoms with van der Waals surface area (Å²) in [4.78, 5) is 17.2. The molecule has 10 nitrogen and oxygen atoms in total. The highest BCUT2D eigenvalue weighted by atomic mass is 16.6. The van der Waals surface area contributed by atoms with Crippen LogP contribution >= 0.6 is 0 Å². The number of carbonyl (C=O) groups excluding carboxylic acids is 1. The minimum atomic E-state index is -0.532. The molecular formula is C26H37N7O3. The smallest absolute Gasteiger partial charge is 0.410 e. The van der Waals surface area contributed by atoms with E-state index >= 15 is 0 Å². The van der Waals surface area contributed by atoms with Gasteiger partial charge in [0.15, 0.2) is 0 Å². The van der Waals surface area contributed by atoms with Crippen molar-refractivity contribution in [2.45, 2.75) is 45.4 Å². The van der Waals surface area contributed by atoms with Gasteiger partial charge in [0.2, 0.25) is 0 Å². The number of hydrogen-bond donors (Lipinski definition) is 1. The van der Waals surface area contributed by atoms with Gasteiger partial charge in [-0.2, -0.15) is 10.2 Å². The third kappa shape index (κ3) is 5.71. The topological polar surface area (TPSA) is 89.2 Å². The number of aryl methyl sites for hydroxylation is 1. The van der Waals surface area contributed by atoms with Gasteiger partial charge in [-0.15, -0.1) is 0 Å². The van der Waals surface area contributed by atoms with Crippen molar-refractivity contribution in [2.24, 2.45) is 0 Å². The first-order valence-corrected chi connectivity index (χ1v) is 12.9. The predicted molar refractivity (Wildman–Crippen MR) is 137 cm³/mol. The number of pyridine rings is 1. The lowest BCUT2D eigenvalue weighted by Crippen LogP contribution is -2.50. The second-order valence-corrected chi connectivity index (χ2v) is 10.5. The Balaban J connectivity index is 1.28. The number of fused-ring (bicyclic) bond motifs is 1. The van der Waals surface area contributed by atoms with Crippen molar-refractivity contribution in [3.8, 4) is 11.1 Å². The summed E-state index contributed by atoms with van der Waals surface area (Å²) in [7, 11) is 0. The van der Waals surface area contributed by atoms with E-state index < -0.39 is 5.60 Å². The predicted octanol–water partition coefficient (Wildman–Crippen LogP) is 2.80. The highest BCUT2D eigenvalue weighted by Gasteiger charge is 2.33. The normalized spacial score (nSPS) is 19.6. The van der Waals surface area contributed by atoms with Crippen LogP contribution in [0.3, 0.4) is 0 Å². The number of amides is 1. The van der Waals surface area contributed by atoms with Crippen LogP contribution in [0.2, 0.25) is 0 Å². The van der Waals surface area contributed by atoms with Crippen molar-refractivity contribution in [2.75, 3.05) is 52.5 Å². The van der Waals surface area contributed by atoms with E-state index in [0.29, 0.717) is 13.1 Å². The molecule has 1 amide bonds. The number of piperazine rings is 1. The molecule has 5 rings (SSSR count). The number of carbonyl (C=O) groups is 1. The second kappa shape index (κ2) is 10.6. The number of hydrogen-bond acceptors (Lipinski definition) is 7. The van der Waals surface area contributed by atoms with Gasteiger partial charge in [-0.25, -0.2) is 9.31 Å². The number of nitrogens with zero attached hydrogens (tertiary/aromatic N) is 6. The first-order chi connectivity index (χ1) is 17.4. The fraction of sp³-hybridized carbons (Fsp3) is 0.577. The van der Waals surface area contributed by atoms with E-state index in [4.69, 9.17) is 9.47 Å². The van der Waals surface area contributed by atoms with Crippen LogP contribution < -0.4 is 5.32 Å². The molecule has 2 fully saturated rings. The number of ether oxygens (including phenoxy) is 2. The van der Waals surface area contributed by atoms with Gasteiger partial charge in [-0.3, -0.25) is 14.5 Å². The summed E-state index contributed by atoms with van der Waals surface area (Å²) in [5.74, 6) is 0. The maximum atomic E-state index is 12.9. The molecule has 0 aliphatic carbocycles. The van der Waals surface area contributed by atoms with Crippen LogP contribution in [0.1, 0.15) is 38.8 Å². The Labute approximate surface area is 212 Å². The number of morpholine rings is 1. The van der Waals surface area contributed by atoms with E-state index in [1.165, 1.54) is 0 Å². The molecule has 36 heavy (non-hydrogen) atoms. The Morgan fingerprint density at radius 1 is 1.08 bits per heavy atom. The Morgan fingerprint density at radius 3 is 2.72 bits per heavy atom. The van der Waals surface area contributed by atoms with E-state index in [1.54, 1.807) is 0 Å². The Bertz CT molecular complexity index is 1180. The molecule has 2 aliphatic rings. The quantitative estimate of drug-likeness (QED) is 0.563. The Kier molecular flexibility index (Phi) is 7.27. The van der Waals surface area contributed by atoms with Gasteiger partial charge >= 0.3 is 6.09 Å². The van der Waals surface area contributed by atoms with Gasteiger partial charge < -0.3 is 14.8 Å². The van der Waals surface area contributed by atoms with Crippen LogP contribution in [0.25, 0.3) is 16.6 Å². The first-order valence-electron chi connectivity index (χ1n) is 12.9. The lowest BCUT2D eigenvalue weighted by molar-refractivity contribution is 0.0119. The summed E-state index contributed by atoms with van der Waals surface area (Å²) in [6.45, 7) is 13.3. The van der Waals surface area contributed by atoms with E-state index in [9.17, 15) is 4.79 Å². The van der Waals surface area contributed by atoms with Gasteiger partial charge in [0.05, 0.1) is 37.2 Å². The summed E-state index contributed by atoms with van der Waals surface area (Å²) in [6.07, 6.45) is 8.68. The van der Waals surface area contributed by atoms with E-state index in [1.807, 2.05) is 53.5 Å². The average Bonchev–Trinajstić information content (AvgIpc) is 3.50. The summed E-state index contributed by atoms with van der Waals surface area (Å²) in [6, 6.07) is 4.05. The molecule has 0 bridgehead atoms. The van der Waals surface area contributed by atoms with Gasteiger partial charge in [0.25, 0.3) is 0 Å². The minimum absolute atomic E-state index is 0.133. The molecule has 2 aliphatic heterocycles. The zero-order valence-electron chi connectivity index (χ0n) is 21.5. The van der Waals surface area contributed by atoms with Crippen LogP contribution in [0, 0.1) is 0 Å². The highest BCUT2D eigenvalue weighted by molar-refractivity contribution is 5.71. The van der Waals surface area contributed by atoms with Crippen LogP contribution in [-0.4, -0.2) is 93.4 Å². The maximum Gasteiger partial charge on any atom is 0.410 e. The van der Waals surface area contributed by atoms with Gasteiger partial charge in [-0.05, 0) is 33.3 Å². The summed E-state index contributed by atoms with van der Waals surface area (Å²) in [5.41, 5.74) is 3.59. The van der Waals surface area contributed by atoms with Gasteiger partial charge in [0, 0.05) is 74.9 Å². The molecule has 2 saturated heterocycles. The molecule has 3 aromatic rings. The minimum Gasteiger partial charge on any atom is -0.444 e. The summed E-state index contributed by atoms with van der Waals surface area (Å²) >= 11 is 0. The fourth-order valence-corrected chi connectivity index (χ4v) is 4.87. The molecule has 5 heterocycles. The third-order valence-electron chi connectivity index (χ3n) is 6.71. The van der Waals surface area contributed by atoms with Crippen LogP contribution in [0.4, 0.5) is 4.79 Å². The molecule has 1 N–H and O–H groups in total. The Hall–Kier alpha value is -2.95. The standard InChI is InChI=1S/C26H37N7O3/c1-26(2,3)36-25(34)32-10-7-27-17-24(32)22-16-29-33-19-20(5-6-23(22)33)21-15-28-31(18-21)9-4-8-30-11-13-35-14-12-30/h5-6,15-16,18-19,24,27H,4,7-14,17H2,1-3H3.